The zero-order chi connectivity index (χ0) is 72.7. The molecule has 9 nitrogen and oxygen atoms in total. The Labute approximate surface area is 624 Å². The lowest BCUT2D eigenvalue weighted by atomic mass is 10.3. The Hall–Kier alpha value is -4.97. The van der Waals surface area contributed by atoms with Gasteiger partial charge in [-0.1, -0.05) is 348 Å². The van der Waals surface area contributed by atoms with Gasteiger partial charge in [0.25, 0.3) is 0 Å². The molecule has 0 saturated heterocycles. The van der Waals surface area contributed by atoms with Crippen molar-refractivity contribution in [1.29, 1.82) is 0 Å². The van der Waals surface area contributed by atoms with Crippen LogP contribution < -0.4 is 51.0 Å². The molecule has 0 saturated carbocycles. The molecule has 0 radical (unpaired) electrons. The molecule has 0 N–H and O–H groups in total. The first kappa shape index (κ1) is 101. The normalized spacial score (nSPS) is 11.1. The summed E-state index contributed by atoms with van der Waals surface area (Å²) in [5.74, 6) is 1.81. The van der Waals surface area contributed by atoms with E-state index in [0.29, 0.717) is 0 Å². The van der Waals surface area contributed by atoms with Crippen LogP contribution >= 0.6 is 0 Å². The minimum Gasteiger partial charge on any atom is -0.497 e. The highest BCUT2D eigenvalue weighted by Crippen LogP contribution is 2.21. The van der Waals surface area contributed by atoms with Crippen molar-refractivity contribution in [2.75, 3.05) is 56.9 Å². The van der Waals surface area contributed by atoms with Gasteiger partial charge in [-0.25, -0.2) is 0 Å². The fraction of sp³-hybridized carbons (Fsp3) is 0.415. The average molecular weight is 1520 g/mol. The molecule has 8 rings (SSSR count). The maximum Gasteiger partial charge on any atom is 0.406 e. The fourth-order valence-electron chi connectivity index (χ4n) is 9.07. The summed E-state index contributed by atoms with van der Waals surface area (Å²) in [5.41, 5.74) is 0. The number of methoxy groups -OCH3 is 2. The zero-order valence-corrected chi connectivity index (χ0v) is 73.5. The van der Waals surface area contributed by atoms with Crippen LogP contribution in [-0.2, 0) is 30.7 Å². The van der Waals surface area contributed by atoms with Gasteiger partial charge in [0, 0.05) is 51.5 Å². The van der Waals surface area contributed by atoms with E-state index >= 15 is 0 Å². The van der Waals surface area contributed by atoms with E-state index in [-0.39, 0.29) is 38.5 Å². The molecular weight excluding hydrogens is 1380 g/mol. The molecule has 0 aliphatic heterocycles. The number of rotatable bonds is 21. The van der Waals surface area contributed by atoms with Gasteiger partial charge < -0.3 is 40.1 Å². The van der Waals surface area contributed by atoms with E-state index in [1.165, 1.54) is 44.1 Å². The lowest BCUT2D eigenvalue weighted by molar-refractivity contribution is 0.258. The van der Waals surface area contributed by atoms with E-state index < -0.39 is 66.5 Å². The largest absolute Gasteiger partial charge is 0.497 e. The van der Waals surface area contributed by atoms with Gasteiger partial charge >= 0.3 is 25.7 Å². The minimum absolute atomic E-state index is 0. The van der Waals surface area contributed by atoms with Crippen molar-refractivity contribution in [3.05, 3.63) is 231 Å². The first-order chi connectivity index (χ1) is 45.2. The molecule has 0 aromatic heterocycles. The average Bonchev–Trinajstić information content (AvgIpc) is 0.806. The molecule has 560 valence electrons. The summed E-state index contributed by atoms with van der Waals surface area (Å²) in [7, 11) is 0.533. The van der Waals surface area contributed by atoms with Crippen molar-refractivity contribution in [3.8, 4) is 11.5 Å². The third-order valence-corrected chi connectivity index (χ3v) is 44.1. The molecule has 0 heterocycles. The monoisotopic (exact) mass is 1520 g/mol. The second-order valence-corrected chi connectivity index (χ2v) is 64.3. The van der Waals surface area contributed by atoms with E-state index in [9.17, 15) is 0 Å². The smallest absolute Gasteiger partial charge is 0.406 e. The Bertz CT molecular complexity index is 3060. The molecule has 8 aromatic rings. The van der Waals surface area contributed by atoms with Crippen molar-refractivity contribution in [2.24, 2.45) is 0 Å². The quantitative estimate of drug-likeness (QED) is 0.0653. The standard InChI is InChI=1S/C16H20O2Si.C14H16O2Si.C14H16Si.C9H14O2Si.C9H14Si.C8H22OSi2.C4H12O2Si.C4H12Si.4CH4/c1-17-13-5-9-15(10-6-13)19(3,4)16-11-7-14(18-2)8-12-16;1-15-17(16-2,13-9-5-3-6-10-13)14-11-7-4-8-12-14;1-15(2,13-9-5-3-6-10-13)14-11-7-4-8-12-14;1-10-12(3,11-2)9-7-5-4-6-8-9;1-10(2,3)9-7-5-4-6-8-9;1-7-10(3,4)9-11(5,6)8-2;1-5-7(3,4)6-2;1-4-5(2)3;;;;/h5-12H,1-4H3;3-12H,1-2H3;3-12H,1-2H3;4-8H,1-3H3;4-8H,1-3H3;7-8H2,1-6H3;1-4H3;5H,4H2,1-3H3;4*1H4. The highest BCUT2D eigenvalue weighted by atomic mass is 28.4. The number of hydrogen-bond acceptors (Lipinski definition) is 9. The SMILES string of the molecule is C.C.C.C.CC[SiH](C)C.CC[Si](C)(C)O[Si](C)(C)CC.CO[Si](C)(C)OC.CO[Si](C)(OC)c1ccccc1.CO[Si](OC)(c1ccccc1)c1ccccc1.COc1ccc([Si](C)(C)c2ccc(OC)cc2)cc1.C[Si](C)(C)c1ccccc1.C[Si](C)(c1ccccc1)c1ccccc1. The maximum absolute atomic E-state index is 6.20. The molecule has 18 heteroatoms. The summed E-state index contributed by atoms with van der Waals surface area (Å²) in [6, 6.07) is 83.6. The van der Waals surface area contributed by atoms with E-state index in [1.807, 2.05) is 111 Å². The van der Waals surface area contributed by atoms with Crippen LogP contribution in [-0.4, -0.2) is 132 Å². The molecule has 0 aliphatic rings. The first-order valence-electron chi connectivity index (χ1n) is 33.8. The van der Waals surface area contributed by atoms with Crippen LogP contribution in [0.2, 0.25) is 123 Å². The van der Waals surface area contributed by atoms with Crippen molar-refractivity contribution in [1.82, 2.24) is 0 Å². The number of benzene rings is 8. The minimum atomic E-state index is -2.50. The summed E-state index contributed by atoms with van der Waals surface area (Å²) >= 11 is 0. The Morgan fingerprint density at radius 2 is 0.510 bits per heavy atom. The second-order valence-electron chi connectivity index (χ2n) is 27.5. The molecule has 0 unspecified atom stereocenters. The van der Waals surface area contributed by atoms with Gasteiger partial charge in [-0.15, -0.1) is 0 Å². The summed E-state index contributed by atoms with van der Waals surface area (Å²) in [6.07, 6.45) is 0. The third-order valence-electron chi connectivity index (χ3n) is 17.3. The van der Waals surface area contributed by atoms with Gasteiger partial charge in [-0.2, -0.15) is 0 Å². The highest BCUT2D eigenvalue weighted by Gasteiger charge is 2.40. The van der Waals surface area contributed by atoms with Gasteiger partial charge in [0.15, 0.2) is 16.6 Å². The zero-order valence-electron chi connectivity index (χ0n) is 64.3. The Morgan fingerprint density at radius 3 is 0.690 bits per heavy atom. The third kappa shape index (κ3) is 36.4. The van der Waals surface area contributed by atoms with Gasteiger partial charge in [0.1, 0.15) is 27.6 Å². The van der Waals surface area contributed by atoms with Crippen molar-refractivity contribution < 1.29 is 40.1 Å². The summed E-state index contributed by atoms with van der Waals surface area (Å²) in [6.45, 7) is 43.4. The number of hydrogen-bond donors (Lipinski definition) is 0. The molecule has 8 aromatic carbocycles. The van der Waals surface area contributed by atoms with Crippen LogP contribution in [0.1, 0.15) is 50.5 Å². The molecule has 0 atom stereocenters. The van der Waals surface area contributed by atoms with Gasteiger partial charge in [-0.05, 0) is 97.7 Å². The topological polar surface area (TPSA) is 83.1 Å². The molecule has 0 fully saturated rings. The van der Waals surface area contributed by atoms with Crippen LogP contribution in [0, 0.1) is 0 Å². The van der Waals surface area contributed by atoms with E-state index in [1.54, 1.807) is 56.9 Å². The Balaban J connectivity index is -0.000000537. The van der Waals surface area contributed by atoms with Crippen molar-refractivity contribution >= 4 is 117 Å². The van der Waals surface area contributed by atoms with Crippen LogP contribution in [0.4, 0.5) is 0 Å². The van der Waals surface area contributed by atoms with E-state index in [4.69, 9.17) is 40.1 Å². The van der Waals surface area contributed by atoms with Crippen LogP contribution in [0.15, 0.2) is 231 Å². The summed E-state index contributed by atoms with van der Waals surface area (Å²) < 4.78 is 49.0. The molecule has 100 heavy (non-hydrogen) atoms. The van der Waals surface area contributed by atoms with E-state index in [2.05, 4.69) is 245 Å². The van der Waals surface area contributed by atoms with Crippen LogP contribution in [0.3, 0.4) is 0 Å². The molecule has 0 amide bonds. The Kier molecular flexibility index (Phi) is 52.0. The summed E-state index contributed by atoms with van der Waals surface area (Å²) in [4.78, 5) is 0. The van der Waals surface area contributed by atoms with Gasteiger partial charge in [-0.3, -0.25) is 0 Å². The fourth-order valence-corrected chi connectivity index (χ4v) is 26.4. The van der Waals surface area contributed by atoms with Crippen LogP contribution in [0.5, 0.6) is 11.5 Å². The van der Waals surface area contributed by atoms with E-state index in [0.717, 1.165) is 27.1 Å². The van der Waals surface area contributed by atoms with Gasteiger partial charge in [0.05, 0.1) is 22.3 Å². The molecular formula is C82H142O9Si9. The predicted octanol–water partition coefficient (Wildman–Crippen LogP) is 18.5. The predicted molar refractivity (Wildman–Crippen MR) is 470 cm³/mol. The van der Waals surface area contributed by atoms with Crippen molar-refractivity contribution in [2.45, 2.75) is 173 Å². The lowest BCUT2D eigenvalue weighted by Gasteiger charge is -2.32. The summed E-state index contributed by atoms with van der Waals surface area (Å²) in [5, 5.41) is 10.7. The maximum atomic E-state index is 6.20. The van der Waals surface area contributed by atoms with Gasteiger partial charge in [0.2, 0.25) is 0 Å². The van der Waals surface area contributed by atoms with Crippen LogP contribution in [0.25, 0.3) is 0 Å². The molecule has 0 spiro atoms. The van der Waals surface area contributed by atoms with Crippen molar-refractivity contribution in [3.63, 3.8) is 0 Å². The second kappa shape index (κ2) is 51.2. The Morgan fingerprint density at radius 1 is 0.280 bits per heavy atom. The first-order valence-corrected chi connectivity index (χ1v) is 59.6. The lowest BCUT2D eigenvalue weighted by Crippen LogP contribution is -2.62. The molecule has 0 bridgehead atoms. The highest BCUT2D eigenvalue weighted by molar-refractivity contribution is 7.01. The molecule has 0 aliphatic carbocycles. The number of ether oxygens (including phenoxy) is 2.